The fraction of sp³-hybridized carbons (Fsp3) is 0.200. The molecule has 15 heavy (non-hydrogen) atoms. The summed E-state index contributed by atoms with van der Waals surface area (Å²) in [5.74, 6) is 0.671. The lowest BCUT2D eigenvalue weighted by molar-refractivity contribution is 0.812. The molecule has 0 aliphatic carbocycles. The van der Waals surface area contributed by atoms with E-state index in [2.05, 4.69) is 20.2 Å². The predicted octanol–water partition coefficient (Wildman–Crippen LogP) is 0.435. The fourth-order valence-electron chi connectivity index (χ4n) is 1.19. The molecule has 0 atom stereocenters. The van der Waals surface area contributed by atoms with Gasteiger partial charge in [-0.25, -0.2) is 4.98 Å². The van der Waals surface area contributed by atoms with Crippen molar-refractivity contribution in [2.24, 2.45) is 5.73 Å². The molecule has 0 spiro atoms. The Morgan fingerprint density at radius 1 is 1.20 bits per heavy atom. The maximum absolute atomic E-state index is 5.39. The van der Waals surface area contributed by atoms with Crippen LogP contribution in [0.3, 0.4) is 0 Å². The second kappa shape index (κ2) is 4.56. The van der Waals surface area contributed by atoms with Crippen molar-refractivity contribution in [2.45, 2.75) is 6.42 Å². The van der Waals surface area contributed by atoms with Crippen LogP contribution in [0, 0.1) is 0 Å². The smallest absolute Gasteiger partial charge is 0.152 e. The minimum atomic E-state index is 0.536. The Morgan fingerprint density at radius 2 is 2.13 bits per heavy atom. The molecule has 0 radical (unpaired) electrons. The highest BCUT2D eigenvalue weighted by molar-refractivity contribution is 5.55. The first-order valence-corrected chi connectivity index (χ1v) is 4.69. The van der Waals surface area contributed by atoms with E-state index in [1.165, 1.54) is 0 Å². The van der Waals surface area contributed by atoms with E-state index in [9.17, 15) is 0 Å². The fourth-order valence-corrected chi connectivity index (χ4v) is 1.19. The summed E-state index contributed by atoms with van der Waals surface area (Å²) in [5, 5.41) is 8.04. The Balaban J connectivity index is 2.24. The van der Waals surface area contributed by atoms with E-state index in [1.807, 2.05) is 12.1 Å². The van der Waals surface area contributed by atoms with E-state index in [0.717, 1.165) is 11.3 Å². The molecule has 2 aromatic rings. The summed E-state index contributed by atoms with van der Waals surface area (Å²) in [6.07, 6.45) is 5.79. The Morgan fingerprint density at radius 3 is 2.73 bits per heavy atom. The van der Waals surface area contributed by atoms with Crippen molar-refractivity contribution in [3.05, 3.63) is 36.5 Å². The highest BCUT2D eigenvalue weighted by Gasteiger charge is 2.01. The molecule has 0 aliphatic rings. The Kier molecular flexibility index (Phi) is 2.94. The average Bonchev–Trinajstić information content (AvgIpc) is 2.32. The summed E-state index contributed by atoms with van der Waals surface area (Å²) in [7, 11) is 0. The molecular formula is C10H11N5. The minimum absolute atomic E-state index is 0.536. The summed E-state index contributed by atoms with van der Waals surface area (Å²) in [4.78, 5) is 8.17. The van der Waals surface area contributed by atoms with Gasteiger partial charge in [-0.05, 0) is 18.7 Å². The number of pyridine rings is 1. The first-order valence-electron chi connectivity index (χ1n) is 4.69. The molecule has 5 nitrogen and oxygen atoms in total. The van der Waals surface area contributed by atoms with E-state index in [0.29, 0.717) is 18.8 Å². The molecule has 0 amide bonds. The quantitative estimate of drug-likeness (QED) is 0.779. The van der Waals surface area contributed by atoms with Crippen molar-refractivity contribution in [3.63, 3.8) is 0 Å². The van der Waals surface area contributed by atoms with E-state index in [-0.39, 0.29) is 0 Å². The van der Waals surface area contributed by atoms with Crippen LogP contribution in [-0.2, 0) is 6.42 Å². The zero-order valence-electron chi connectivity index (χ0n) is 8.17. The van der Waals surface area contributed by atoms with Crippen LogP contribution in [0.2, 0.25) is 0 Å². The molecule has 0 saturated carbocycles. The van der Waals surface area contributed by atoms with Crippen LogP contribution >= 0.6 is 0 Å². The van der Waals surface area contributed by atoms with Gasteiger partial charge in [0, 0.05) is 24.4 Å². The lowest BCUT2D eigenvalue weighted by Crippen LogP contribution is -2.07. The zero-order valence-corrected chi connectivity index (χ0v) is 8.17. The molecular weight excluding hydrogens is 190 g/mol. The molecule has 0 saturated heterocycles. The summed E-state index contributed by atoms with van der Waals surface area (Å²) in [5.41, 5.74) is 7.03. The molecule has 0 unspecified atom stereocenters. The number of rotatable bonds is 3. The van der Waals surface area contributed by atoms with Crippen molar-refractivity contribution in [1.29, 1.82) is 0 Å². The molecule has 2 N–H and O–H groups in total. The lowest BCUT2D eigenvalue weighted by atomic mass is 10.2. The van der Waals surface area contributed by atoms with Crippen LogP contribution in [0.5, 0.6) is 0 Å². The van der Waals surface area contributed by atoms with Gasteiger partial charge in [-0.1, -0.05) is 0 Å². The van der Waals surface area contributed by atoms with Gasteiger partial charge in [-0.15, -0.1) is 10.2 Å². The van der Waals surface area contributed by atoms with Crippen molar-refractivity contribution in [1.82, 2.24) is 20.2 Å². The standard InChI is InChI=1S/C10H11N5/c11-4-3-10-13-7-9(14-15-10)8-2-1-5-12-6-8/h1-2,5-7H,3-4,11H2. The van der Waals surface area contributed by atoms with Crippen LogP contribution in [0.25, 0.3) is 11.3 Å². The molecule has 76 valence electrons. The van der Waals surface area contributed by atoms with Gasteiger partial charge in [0.15, 0.2) is 5.82 Å². The molecule has 0 aromatic carbocycles. The molecule has 2 heterocycles. The maximum Gasteiger partial charge on any atom is 0.152 e. The van der Waals surface area contributed by atoms with Gasteiger partial charge < -0.3 is 5.73 Å². The highest BCUT2D eigenvalue weighted by atomic mass is 15.2. The second-order valence-electron chi connectivity index (χ2n) is 3.04. The van der Waals surface area contributed by atoms with E-state index >= 15 is 0 Å². The normalized spacial score (nSPS) is 10.2. The molecule has 2 aromatic heterocycles. The van der Waals surface area contributed by atoms with Gasteiger partial charge in [0.25, 0.3) is 0 Å². The third-order valence-electron chi connectivity index (χ3n) is 1.93. The van der Waals surface area contributed by atoms with Crippen molar-refractivity contribution in [2.75, 3.05) is 6.54 Å². The number of nitrogens with two attached hydrogens (primary N) is 1. The largest absolute Gasteiger partial charge is 0.330 e. The van der Waals surface area contributed by atoms with Gasteiger partial charge in [0.2, 0.25) is 0 Å². The number of aromatic nitrogens is 4. The second-order valence-corrected chi connectivity index (χ2v) is 3.04. The highest BCUT2D eigenvalue weighted by Crippen LogP contribution is 2.12. The van der Waals surface area contributed by atoms with Gasteiger partial charge in [-0.3, -0.25) is 4.98 Å². The van der Waals surface area contributed by atoms with Crippen LogP contribution in [0.15, 0.2) is 30.7 Å². The molecule has 2 rings (SSSR count). The third-order valence-corrected chi connectivity index (χ3v) is 1.93. The Hall–Kier alpha value is -1.88. The average molecular weight is 201 g/mol. The van der Waals surface area contributed by atoms with Gasteiger partial charge >= 0.3 is 0 Å². The molecule has 0 aliphatic heterocycles. The molecule has 5 heteroatoms. The summed E-state index contributed by atoms with van der Waals surface area (Å²) in [6.45, 7) is 0.536. The zero-order chi connectivity index (χ0) is 10.5. The Labute approximate surface area is 87.4 Å². The predicted molar refractivity (Wildman–Crippen MR) is 55.8 cm³/mol. The molecule has 0 bridgehead atoms. The van der Waals surface area contributed by atoms with Crippen molar-refractivity contribution in [3.8, 4) is 11.3 Å². The van der Waals surface area contributed by atoms with Crippen molar-refractivity contribution < 1.29 is 0 Å². The van der Waals surface area contributed by atoms with E-state index < -0.39 is 0 Å². The molecule has 0 fully saturated rings. The van der Waals surface area contributed by atoms with Crippen LogP contribution in [-0.4, -0.2) is 26.7 Å². The Bertz CT molecular complexity index is 412. The number of nitrogens with zero attached hydrogens (tertiary/aromatic N) is 4. The summed E-state index contributed by atoms with van der Waals surface area (Å²) >= 11 is 0. The van der Waals surface area contributed by atoms with Crippen molar-refractivity contribution >= 4 is 0 Å². The van der Waals surface area contributed by atoms with E-state index in [1.54, 1.807) is 18.6 Å². The van der Waals surface area contributed by atoms with Gasteiger partial charge in [0.05, 0.1) is 6.20 Å². The minimum Gasteiger partial charge on any atom is -0.330 e. The third kappa shape index (κ3) is 2.32. The SMILES string of the molecule is NCCc1ncc(-c2cccnc2)nn1. The number of hydrogen-bond donors (Lipinski definition) is 1. The first-order chi connectivity index (χ1) is 7.40. The van der Waals surface area contributed by atoms with Gasteiger partial charge in [-0.2, -0.15) is 0 Å². The first kappa shape index (κ1) is 9.67. The summed E-state index contributed by atoms with van der Waals surface area (Å²) in [6, 6.07) is 3.77. The summed E-state index contributed by atoms with van der Waals surface area (Å²) < 4.78 is 0. The monoisotopic (exact) mass is 201 g/mol. The van der Waals surface area contributed by atoms with Crippen LogP contribution in [0.1, 0.15) is 5.82 Å². The van der Waals surface area contributed by atoms with Crippen LogP contribution < -0.4 is 5.73 Å². The van der Waals surface area contributed by atoms with Crippen LogP contribution in [0.4, 0.5) is 0 Å². The number of hydrogen-bond acceptors (Lipinski definition) is 5. The van der Waals surface area contributed by atoms with E-state index in [4.69, 9.17) is 5.73 Å². The maximum atomic E-state index is 5.39. The van der Waals surface area contributed by atoms with Gasteiger partial charge in [0.1, 0.15) is 5.69 Å². The topological polar surface area (TPSA) is 77.6 Å². The lowest BCUT2D eigenvalue weighted by Gasteiger charge is -1.99.